The Labute approximate surface area is 92.4 Å². The highest BCUT2D eigenvalue weighted by Gasteiger charge is 2.39. The number of thioether (sulfide) groups is 1. The van der Waals surface area contributed by atoms with Crippen molar-refractivity contribution in [3.05, 3.63) is 0 Å². The summed E-state index contributed by atoms with van der Waals surface area (Å²) in [5, 5.41) is 8.94. The van der Waals surface area contributed by atoms with Crippen molar-refractivity contribution in [3.8, 4) is 0 Å². The van der Waals surface area contributed by atoms with Crippen LogP contribution in [-0.2, 0) is 4.79 Å². The van der Waals surface area contributed by atoms with E-state index in [1.807, 2.05) is 0 Å². The summed E-state index contributed by atoms with van der Waals surface area (Å²) in [6.07, 6.45) is 2.09. The maximum Gasteiger partial charge on any atom is 0.327 e. The lowest BCUT2D eigenvalue weighted by molar-refractivity contribution is -0.140. The third-order valence-electron chi connectivity index (χ3n) is 2.81. The van der Waals surface area contributed by atoms with Gasteiger partial charge in [-0.25, -0.2) is 9.59 Å². The van der Waals surface area contributed by atoms with Crippen molar-refractivity contribution in [2.45, 2.75) is 24.9 Å². The smallest absolute Gasteiger partial charge is 0.327 e. The molecule has 1 N–H and O–H groups in total. The highest BCUT2D eigenvalue weighted by molar-refractivity contribution is 7.99. The summed E-state index contributed by atoms with van der Waals surface area (Å²) in [7, 11) is 1.75. The molecule has 0 aromatic rings. The molecule has 1 saturated heterocycles. The number of carbonyl (C=O) groups is 2. The second kappa shape index (κ2) is 3.92. The quantitative estimate of drug-likeness (QED) is 0.757. The van der Waals surface area contributed by atoms with Crippen LogP contribution in [0.25, 0.3) is 0 Å². The molecule has 84 valence electrons. The van der Waals surface area contributed by atoms with Crippen molar-refractivity contribution in [1.29, 1.82) is 0 Å². The van der Waals surface area contributed by atoms with Gasteiger partial charge < -0.3 is 14.9 Å². The van der Waals surface area contributed by atoms with E-state index in [4.69, 9.17) is 5.11 Å². The van der Waals surface area contributed by atoms with Gasteiger partial charge in [0.25, 0.3) is 0 Å². The van der Waals surface area contributed by atoms with Crippen LogP contribution in [0.4, 0.5) is 4.79 Å². The number of aliphatic carboxylic acids is 1. The number of carbonyl (C=O) groups excluding carboxylic acids is 1. The standard InChI is InChI=1S/C9H14N2O3S/c1-10(6-2-3-6)9(14)11-5-15-4-7(11)8(12)13/h6-7H,2-5H2,1H3,(H,12,13). The van der Waals surface area contributed by atoms with Gasteiger partial charge in [-0.1, -0.05) is 0 Å². The van der Waals surface area contributed by atoms with Crippen molar-refractivity contribution in [2.75, 3.05) is 18.7 Å². The average Bonchev–Trinajstić information content (AvgIpc) is 2.92. The first kappa shape index (κ1) is 10.6. The van der Waals surface area contributed by atoms with E-state index in [0.717, 1.165) is 12.8 Å². The van der Waals surface area contributed by atoms with Crippen LogP contribution in [0.3, 0.4) is 0 Å². The lowest BCUT2D eigenvalue weighted by Crippen LogP contribution is -2.48. The number of hydrogen-bond acceptors (Lipinski definition) is 3. The molecule has 0 radical (unpaired) electrons. The Morgan fingerprint density at radius 2 is 2.13 bits per heavy atom. The molecule has 1 atom stereocenters. The molecule has 1 heterocycles. The summed E-state index contributed by atoms with van der Waals surface area (Å²) in [5.41, 5.74) is 0. The number of nitrogens with zero attached hydrogens (tertiary/aromatic N) is 2. The van der Waals surface area contributed by atoms with Crippen molar-refractivity contribution in [3.63, 3.8) is 0 Å². The SMILES string of the molecule is CN(C(=O)N1CSCC1C(=O)O)C1CC1. The fraction of sp³-hybridized carbons (Fsp3) is 0.778. The van der Waals surface area contributed by atoms with E-state index in [1.165, 1.54) is 16.7 Å². The minimum absolute atomic E-state index is 0.144. The number of hydrogen-bond donors (Lipinski definition) is 1. The van der Waals surface area contributed by atoms with Gasteiger partial charge >= 0.3 is 12.0 Å². The maximum atomic E-state index is 11.9. The lowest BCUT2D eigenvalue weighted by atomic mass is 10.3. The van der Waals surface area contributed by atoms with E-state index in [2.05, 4.69) is 0 Å². The van der Waals surface area contributed by atoms with Crippen LogP contribution in [0.5, 0.6) is 0 Å². The van der Waals surface area contributed by atoms with Gasteiger partial charge in [0.2, 0.25) is 0 Å². The van der Waals surface area contributed by atoms with Gasteiger partial charge in [0.15, 0.2) is 0 Å². The predicted octanol–water partition coefficient (Wildman–Crippen LogP) is 0.660. The van der Waals surface area contributed by atoms with Gasteiger partial charge in [-0.2, -0.15) is 0 Å². The Balaban J connectivity index is 2.01. The van der Waals surface area contributed by atoms with Crippen molar-refractivity contribution in [1.82, 2.24) is 9.80 Å². The zero-order valence-electron chi connectivity index (χ0n) is 8.55. The Bertz CT molecular complexity index is 293. The fourth-order valence-corrected chi connectivity index (χ4v) is 2.79. The molecule has 2 rings (SSSR count). The molecule has 0 bridgehead atoms. The van der Waals surface area contributed by atoms with E-state index in [9.17, 15) is 9.59 Å². The first-order valence-electron chi connectivity index (χ1n) is 4.95. The summed E-state index contributed by atoms with van der Waals surface area (Å²) in [5.74, 6) is 0.0875. The number of urea groups is 1. The molecule has 1 aliphatic heterocycles. The van der Waals surface area contributed by atoms with E-state index >= 15 is 0 Å². The Kier molecular flexibility index (Phi) is 2.77. The van der Waals surface area contributed by atoms with Gasteiger partial charge in [0, 0.05) is 18.8 Å². The molecule has 6 heteroatoms. The molecule has 1 unspecified atom stereocenters. The van der Waals surface area contributed by atoms with E-state index in [-0.39, 0.29) is 6.03 Å². The molecule has 2 amide bonds. The van der Waals surface area contributed by atoms with Gasteiger partial charge in [0.1, 0.15) is 6.04 Å². The molecule has 2 aliphatic rings. The van der Waals surface area contributed by atoms with E-state index < -0.39 is 12.0 Å². The number of amides is 2. The van der Waals surface area contributed by atoms with Crippen LogP contribution in [0.2, 0.25) is 0 Å². The topological polar surface area (TPSA) is 60.9 Å². The Hall–Kier alpha value is -0.910. The minimum atomic E-state index is -0.905. The normalized spacial score (nSPS) is 25.4. The largest absolute Gasteiger partial charge is 0.480 e. The average molecular weight is 230 g/mol. The van der Waals surface area contributed by atoms with E-state index in [0.29, 0.717) is 17.7 Å². The summed E-state index contributed by atoms with van der Waals surface area (Å²) < 4.78 is 0. The Morgan fingerprint density at radius 1 is 1.47 bits per heavy atom. The van der Waals surface area contributed by atoms with Gasteiger partial charge in [0.05, 0.1) is 5.88 Å². The van der Waals surface area contributed by atoms with Crippen LogP contribution < -0.4 is 0 Å². The monoisotopic (exact) mass is 230 g/mol. The van der Waals surface area contributed by atoms with Gasteiger partial charge in [-0.3, -0.25) is 0 Å². The highest BCUT2D eigenvalue weighted by atomic mass is 32.2. The van der Waals surface area contributed by atoms with Crippen LogP contribution in [-0.4, -0.2) is 57.7 Å². The summed E-state index contributed by atoms with van der Waals surface area (Å²) in [6.45, 7) is 0. The van der Waals surface area contributed by atoms with Crippen molar-refractivity contribution >= 4 is 23.8 Å². The molecule has 5 nitrogen and oxygen atoms in total. The molecule has 0 aromatic heterocycles. The van der Waals surface area contributed by atoms with Gasteiger partial charge in [-0.05, 0) is 12.8 Å². The lowest BCUT2D eigenvalue weighted by Gasteiger charge is -2.26. The van der Waals surface area contributed by atoms with Crippen molar-refractivity contribution in [2.24, 2.45) is 0 Å². The molecular weight excluding hydrogens is 216 g/mol. The molecular formula is C9H14N2O3S. The summed E-state index contributed by atoms with van der Waals surface area (Å²) in [4.78, 5) is 25.9. The summed E-state index contributed by atoms with van der Waals surface area (Å²) in [6, 6.07) is -0.462. The second-order valence-corrected chi connectivity index (χ2v) is 4.95. The van der Waals surface area contributed by atoms with Crippen LogP contribution in [0.15, 0.2) is 0 Å². The zero-order chi connectivity index (χ0) is 11.0. The van der Waals surface area contributed by atoms with Crippen LogP contribution >= 0.6 is 11.8 Å². The molecule has 0 spiro atoms. The zero-order valence-corrected chi connectivity index (χ0v) is 9.37. The molecule has 15 heavy (non-hydrogen) atoms. The Morgan fingerprint density at radius 3 is 2.67 bits per heavy atom. The predicted molar refractivity (Wildman–Crippen MR) is 56.8 cm³/mol. The number of carboxylic acid groups (broad SMARTS) is 1. The molecule has 2 fully saturated rings. The first-order valence-corrected chi connectivity index (χ1v) is 6.10. The molecule has 1 saturated carbocycles. The number of carboxylic acids is 1. The molecule has 1 aliphatic carbocycles. The van der Waals surface area contributed by atoms with Crippen LogP contribution in [0.1, 0.15) is 12.8 Å². The minimum Gasteiger partial charge on any atom is -0.480 e. The first-order chi connectivity index (χ1) is 7.11. The van der Waals surface area contributed by atoms with E-state index in [1.54, 1.807) is 11.9 Å². The third kappa shape index (κ3) is 2.04. The number of rotatable bonds is 2. The fourth-order valence-electron chi connectivity index (χ4n) is 1.66. The maximum absolute atomic E-state index is 11.9. The second-order valence-electron chi connectivity index (χ2n) is 3.95. The van der Waals surface area contributed by atoms with Crippen LogP contribution in [0, 0.1) is 0 Å². The highest BCUT2D eigenvalue weighted by Crippen LogP contribution is 2.29. The van der Waals surface area contributed by atoms with Crippen molar-refractivity contribution < 1.29 is 14.7 Å². The third-order valence-corrected chi connectivity index (χ3v) is 3.82. The van der Waals surface area contributed by atoms with Gasteiger partial charge in [-0.15, -0.1) is 11.8 Å². The molecule has 0 aromatic carbocycles. The summed E-state index contributed by atoms with van der Waals surface area (Å²) >= 11 is 1.49.